The number of nitrogens with one attached hydrogen (secondary N) is 1. The molecule has 0 aliphatic rings. The molecule has 2 aromatic carbocycles. The zero-order valence-corrected chi connectivity index (χ0v) is 20.9. The Kier molecular flexibility index (Phi) is 7.07. The van der Waals surface area contributed by atoms with Gasteiger partial charge in [0.05, 0.1) is 23.6 Å². The van der Waals surface area contributed by atoms with Crippen molar-refractivity contribution in [3.8, 4) is 5.75 Å². The summed E-state index contributed by atoms with van der Waals surface area (Å²) in [5.41, 5.74) is 3.32. The zero-order valence-electron chi connectivity index (χ0n) is 17.8. The van der Waals surface area contributed by atoms with E-state index in [1.807, 2.05) is 44.2 Å². The second-order valence-corrected chi connectivity index (χ2v) is 9.12. The molecular formula is C23H20BrCl2N5O2. The summed E-state index contributed by atoms with van der Waals surface area (Å²) in [4.78, 5) is 12.8. The van der Waals surface area contributed by atoms with Crippen LogP contribution in [-0.4, -0.2) is 25.5 Å². The molecule has 170 valence electrons. The maximum absolute atomic E-state index is 12.8. The predicted octanol–water partition coefficient (Wildman–Crippen LogP) is 6.10. The molecule has 0 unspecified atom stereocenters. The Hall–Kier alpha value is -2.81. The number of carbonyl (C=O) groups is 1. The van der Waals surface area contributed by atoms with Crippen LogP contribution in [0.2, 0.25) is 10.0 Å². The molecule has 4 aromatic rings. The van der Waals surface area contributed by atoms with E-state index >= 15 is 0 Å². The molecule has 1 amide bonds. The van der Waals surface area contributed by atoms with E-state index in [1.165, 1.54) is 0 Å². The highest BCUT2D eigenvalue weighted by Crippen LogP contribution is 2.25. The number of rotatable bonds is 7. The molecule has 0 aliphatic heterocycles. The summed E-state index contributed by atoms with van der Waals surface area (Å²) in [5.74, 6) is 0.381. The van der Waals surface area contributed by atoms with Crippen LogP contribution >= 0.6 is 39.1 Å². The van der Waals surface area contributed by atoms with Crippen LogP contribution in [0.4, 0.5) is 5.69 Å². The molecule has 10 heteroatoms. The average molecular weight is 549 g/mol. The quantitative estimate of drug-likeness (QED) is 0.302. The maximum atomic E-state index is 12.8. The van der Waals surface area contributed by atoms with Crippen LogP contribution < -0.4 is 10.1 Å². The van der Waals surface area contributed by atoms with Crippen molar-refractivity contribution in [1.29, 1.82) is 0 Å². The van der Waals surface area contributed by atoms with Gasteiger partial charge in [0, 0.05) is 20.7 Å². The van der Waals surface area contributed by atoms with Crippen LogP contribution in [0.25, 0.3) is 0 Å². The Morgan fingerprint density at radius 2 is 1.85 bits per heavy atom. The van der Waals surface area contributed by atoms with Crippen molar-refractivity contribution in [2.45, 2.75) is 27.1 Å². The smallest absolute Gasteiger partial charge is 0.276 e. The van der Waals surface area contributed by atoms with E-state index < -0.39 is 0 Å². The first kappa shape index (κ1) is 23.4. The van der Waals surface area contributed by atoms with Crippen molar-refractivity contribution in [2.24, 2.45) is 0 Å². The highest BCUT2D eigenvalue weighted by Gasteiger charge is 2.18. The topological polar surface area (TPSA) is 74.0 Å². The van der Waals surface area contributed by atoms with Gasteiger partial charge in [0.1, 0.15) is 5.75 Å². The van der Waals surface area contributed by atoms with E-state index in [0.717, 1.165) is 15.7 Å². The lowest BCUT2D eigenvalue weighted by atomic mass is 10.2. The molecule has 0 bridgehead atoms. The van der Waals surface area contributed by atoms with Gasteiger partial charge in [0.15, 0.2) is 12.4 Å². The highest BCUT2D eigenvalue weighted by atomic mass is 79.9. The predicted molar refractivity (Wildman–Crippen MR) is 132 cm³/mol. The van der Waals surface area contributed by atoms with Gasteiger partial charge in [0.25, 0.3) is 5.91 Å². The third kappa shape index (κ3) is 5.58. The summed E-state index contributed by atoms with van der Waals surface area (Å²) >= 11 is 15.7. The van der Waals surface area contributed by atoms with Crippen molar-refractivity contribution in [3.05, 3.63) is 91.9 Å². The molecule has 0 saturated heterocycles. The van der Waals surface area contributed by atoms with Crippen LogP contribution in [0.1, 0.15) is 27.4 Å². The average Bonchev–Trinajstić information content (AvgIpc) is 3.36. The van der Waals surface area contributed by atoms with Gasteiger partial charge in [-0.3, -0.25) is 9.48 Å². The molecule has 4 rings (SSSR count). The van der Waals surface area contributed by atoms with Crippen molar-refractivity contribution in [3.63, 3.8) is 0 Å². The minimum Gasteiger partial charge on any atom is -0.471 e. The Labute approximate surface area is 209 Å². The molecule has 7 nitrogen and oxygen atoms in total. The van der Waals surface area contributed by atoms with Crippen molar-refractivity contribution in [1.82, 2.24) is 19.6 Å². The Bertz CT molecular complexity index is 1300. The maximum Gasteiger partial charge on any atom is 0.276 e. The Morgan fingerprint density at radius 3 is 2.58 bits per heavy atom. The van der Waals surface area contributed by atoms with Crippen LogP contribution in [0.15, 0.2) is 59.2 Å². The minimum atomic E-state index is -0.326. The molecule has 0 aliphatic carbocycles. The van der Waals surface area contributed by atoms with Gasteiger partial charge in [-0.2, -0.15) is 10.2 Å². The fraction of sp³-hybridized carbons (Fsp3) is 0.174. The number of hydrogen-bond acceptors (Lipinski definition) is 4. The van der Waals surface area contributed by atoms with Crippen molar-refractivity contribution >= 4 is 50.7 Å². The lowest BCUT2D eigenvalue weighted by Crippen LogP contribution is -2.15. The molecule has 2 heterocycles. The molecule has 0 fully saturated rings. The summed E-state index contributed by atoms with van der Waals surface area (Å²) in [6.07, 6.45) is 1.69. The first-order chi connectivity index (χ1) is 15.8. The van der Waals surface area contributed by atoms with Gasteiger partial charge in [0.2, 0.25) is 0 Å². The van der Waals surface area contributed by atoms with Crippen molar-refractivity contribution in [2.75, 3.05) is 5.32 Å². The van der Waals surface area contributed by atoms with E-state index in [1.54, 1.807) is 33.8 Å². The summed E-state index contributed by atoms with van der Waals surface area (Å²) < 4.78 is 10.0. The van der Waals surface area contributed by atoms with Crippen molar-refractivity contribution < 1.29 is 9.53 Å². The van der Waals surface area contributed by atoms with Crippen LogP contribution in [-0.2, 0) is 13.3 Å². The summed E-state index contributed by atoms with van der Waals surface area (Å²) in [6, 6.07) is 14.5. The van der Waals surface area contributed by atoms with E-state index in [2.05, 4.69) is 31.4 Å². The van der Waals surface area contributed by atoms with E-state index in [9.17, 15) is 4.79 Å². The molecule has 33 heavy (non-hydrogen) atoms. The SMILES string of the molecule is Cc1nn(Cc2ccc(Cl)cc2Cl)c(C)c1NC(=O)c1ccn(COc2ccc(Br)cc2)n1. The minimum absolute atomic E-state index is 0.187. The van der Waals surface area contributed by atoms with E-state index in [-0.39, 0.29) is 18.3 Å². The van der Waals surface area contributed by atoms with E-state index in [4.69, 9.17) is 27.9 Å². The van der Waals surface area contributed by atoms with E-state index in [0.29, 0.717) is 33.7 Å². The zero-order chi connectivity index (χ0) is 23.5. The molecule has 0 radical (unpaired) electrons. The van der Waals surface area contributed by atoms with Gasteiger partial charge >= 0.3 is 0 Å². The summed E-state index contributed by atoms with van der Waals surface area (Å²) in [6.45, 7) is 4.38. The second kappa shape index (κ2) is 9.99. The number of amides is 1. The largest absolute Gasteiger partial charge is 0.471 e. The fourth-order valence-electron chi connectivity index (χ4n) is 3.25. The number of ether oxygens (including phenoxy) is 1. The number of hydrogen-bond donors (Lipinski definition) is 1. The number of benzene rings is 2. The lowest BCUT2D eigenvalue weighted by Gasteiger charge is -2.08. The fourth-order valence-corrected chi connectivity index (χ4v) is 3.98. The number of halogens is 3. The number of carbonyl (C=O) groups excluding carboxylic acids is 1. The monoisotopic (exact) mass is 547 g/mol. The van der Waals surface area contributed by atoms with Gasteiger partial charge in [-0.1, -0.05) is 45.2 Å². The number of aryl methyl sites for hydroxylation is 1. The molecule has 1 N–H and O–H groups in total. The summed E-state index contributed by atoms with van der Waals surface area (Å²) in [7, 11) is 0. The van der Waals surface area contributed by atoms with Crippen LogP contribution in [0.5, 0.6) is 5.75 Å². The highest BCUT2D eigenvalue weighted by molar-refractivity contribution is 9.10. The number of anilines is 1. The Balaban J connectivity index is 1.42. The van der Waals surface area contributed by atoms with Gasteiger partial charge in [-0.05, 0) is 61.9 Å². The molecule has 2 aromatic heterocycles. The molecule has 0 atom stereocenters. The third-order valence-corrected chi connectivity index (χ3v) is 6.12. The molecular weight excluding hydrogens is 529 g/mol. The van der Waals surface area contributed by atoms with Gasteiger partial charge in [-0.15, -0.1) is 0 Å². The first-order valence-corrected chi connectivity index (χ1v) is 11.6. The van der Waals surface area contributed by atoms with Gasteiger partial charge in [-0.25, -0.2) is 4.68 Å². The first-order valence-electron chi connectivity index (χ1n) is 10.0. The lowest BCUT2D eigenvalue weighted by molar-refractivity contribution is 0.102. The number of aromatic nitrogens is 4. The third-order valence-electron chi connectivity index (χ3n) is 5.01. The molecule has 0 spiro atoms. The van der Waals surface area contributed by atoms with Crippen LogP contribution in [0.3, 0.4) is 0 Å². The van der Waals surface area contributed by atoms with Crippen LogP contribution in [0, 0.1) is 13.8 Å². The second-order valence-electron chi connectivity index (χ2n) is 7.36. The standard InChI is InChI=1S/C23H20BrCl2N5O2/c1-14-22(15(2)31(28-14)12-16-3-6-18(25)11-20(16)26)27-23(32)21-9-10-30(29-21)13-33-19-7-4-17(24)5-8-19/h3-11H,12-13H2,1-2H3,(H,27,32). The Morgan fingerprint density at radius 1 is 1.09 bits per heavy atom. The summed E-state index contributed by atoms with van der Waals surface area (Å²) in [5, 5.41) is 12.9. The molecule has 0 saturated carbocycles. The normalized spacial score (nSPS) is 10.9. The number of nitrogens with zero attached hydrogens (tertiary/aromatic N) is 4. The van der Waals surface area contributed by atoms with Gasteiger partial charge < -0.3 is 10.1 Å².